The molecule has 2 atom stereocenters. The summed E-state index contributed by atoms with van der Waals surface area (Å²) < 4.78 is 28.0. The fourth-order valence-corrected chi connectivity index (χ4v) is 6.16. The first-order chi connectivity index (χ1) is 17.4. The van der Waals surface area contributed by atoms with Gasteiger partial charge in [-0.15, -0.1) is 0 Å². The van der Waals surface area contributed by atoms with Crippen molar-refractivity contribution in [2.24, 2.45) is 0 Å². The maximum atomic E-state index is 13.3. The van der Waals surface area contributed by atoms with Gasteiger partial charge in [0.2, 0.25) is 10.0 Å². The van der Waals surface area contributed by atoms with Crippen LogP contribution in [-0.4, -0.2) is 79.2 Å². The van der Waals surface area contributed by atoms with Gasteiger partial charge in [-0.3, -0.25) is 4.98 Å². The Bertz CT molecular complexity index is 1280. The van der Waals surface area contributed by atoms with E-state index in [1.807, 2.05) is 37.4 Å². The van der Waals surface area contributed by atoms with Crippen molar-refractivity contribution < 1.29 is 13.5 Å². The van der Waals surface area contributed by atoms with Crippen LogP contribution in [0, 0.1) is 6.92 Å². The van der Waals surface area contributed by atoms with Gasteiger partial charge in [-0.1, -0.05) is 18.2 Å². The Kier molecular flexibility index (Phi) is 7.20. The highest BCUT2D eigenvalue weighted by atomic mass is 32.2. The van der Waals surface area contributed by atoms with Crippen molar-refractivity contribution >= 4 is 21.5 Å². The molecule has 3 aromatic rings. The predicted molar refractivity (Wildman–Crippen MR) is 141 cm³/mol. The minimum absolute atomic E-state index is 0.0320. The molecule has 0 spiro atoms. The molecule has 190 valence electrons. The van der Waals surface area contributed by atoms with E-state index in [1.165, 1.54) is 4.31 Å². The zero-order valence-electron chi connectivity index (χ0n) is 20.3. The van der Waals surface area contributed by atoms with E-state index >= 15 is 0 Å². The number of hydrogen-bond donors (Lipinski definition) is 3. The summed E-state index contributed by atoms with van der Waals surface area (Å²) in [6.45, 7) is 6.07. The number of rotatable bonds is 6. The average Bonchev–Trinajstić information content (AvgIpc) is 2.91. The van der Waals surface area contributed by atoms with Gasteiger partial charge in [-0.05, 0) is 48.7 Å². The van der Waals surface area contributed by atoms with Gasteiger partial charge in [0.1, 0.15) is 5.82 Å². The summed E-state index contributed by atoms with van der Waals surface area (Å²) in [4.78, 5) is 11.2. The van der Waals surface area contributed by atoms with E-state index in [0.29, 0.717) is 18.8 Å². The second-order valence-electron chi connectivity index (χ2n) is 9.38. The van der Waals surface area contributed by atoms with Gasteiger partial charge in [-0.2, -0.15) is 4.31 Å². The third-order valence-corrected chi connectivity index (χ3v) is 8.70. The minimum Gasteiger partial charge on any atom is -0.390 e. The first-order valence-electron chi connectivity index (χ1n) is 12.3. The molecule has 0 amide bonds. The fraction of sp³-hybridized carbons (Fsp3) is 0.385. The van der Waals surface area contributed by atoms with E-state index in [-0.39, 0.29) is 17.5 Å². The molecule has 0 saturated carbocycles. The Hall–Kier alpha value is -3.05. The zero-order valence-corrected chi connectivity index (χ0v) is 21.2. The number of nitrogens with zero attached hydrogens (tertiary/aromatic N) is 4. The van der Waals surface area contributed by atoms with Crippen molar-refractivity contribution in [3.63, 3.8) is 0 Å². The Labute approximate surface area is 212 Å². The normalized spacial score (nSPS) is 21.3. The lowest BCUT2D eigenvalue weighted by molar-refractivity contribution is 0.0949. The second kappa shape index (κ2) is 10.5. The van der Waals surface area contributed by atoms with Gasteiger partial charge in [0, 0.05) is 57.2 Å². The number of piperazine rings is 1. The topological polar surface area (TPSA) is 111 Å². The SMILES string of the molecule is Cc1ccc(N[C@@H]2CCN(S(=O)(=O)c3ccc(-c4cncc(N5CCNCC5)c4)cc3)C[C@@H]2O)nc1. The average molecular weight is 509 g/mol. The summed E-state index contributed by atoms with van der Waals surface area (Å²) in [6, 6.07) is 12.6. The highest BCUT2D eigenvalue weighted by molar-refractivity contribution is 7.89. The number of hydrogen-bond acceptors (Lipinski definition) is 8. The van der Waals surface area contributed by atoms with Crippen LogP contribution in [-0.2, 0) is 10.0 Å². The Morgan fingerprint density at radius 1 is 1.00 bits per heavy atom. The first-order valence-corrected chi connectivity index (χ1v) is 13.7. The highest BCUT2D eigenvalue weighted by Gasteiger charge is 2.34. The Morgan fingerprint density at radius 3 is 2.47 bits per heavy atom. The molecule has 9 nitrogen and oxygen atoms in total. The third-order valence-electron chi connectivity index (χ3n) is 6.82. The summed E-state index contributed by atoms with van der Waals surface area (Å²) in [6.07, 6.45) is 5.07. The zero-order chi connectivity index (χ0) is 25.1. The van der Waals surface area contributed by atoms with Crippen molar-refractivity contribution in [2.75, 3.05) is 49.5 Å². The van der Waals surface area contributed by atoms with E-state index in [2.05, 4.69) is 31.6 Å². The molecule has 0 bridgehead atoms. The van der Waals surface area contributed by atoms with E-state index in [0.717, 1.165) is 48.6 Å². The molecule has 5 rings (SSSR count). The number of aromatic nitrogens is 2. The lowest BCUT2D eigenvalue weighted by atomic mass is 10.0. The summed E-state index contributed by atoms with van der Waals surface area (Å²) in [7, 11) is -3.72. The van der Waals surface area contributed by atoms with Crippen LogP contribution in [0.2, 0.25) is 0 Å². The molecule has 1 aromatic carbocycles. The van der Waals surface area contributed by atoms with Crippen molar-refractivity contribution in [3.05, 3.63) is 66.6 Å². The molecule has 0 unspecified atom stereocenters. The minimum atomic E-state index is -3.72. The summed E-state index contributed by atoms with van der Waals surface area (Å²) >= 11 is 0. The number of piperidine rings is 1. The molecule has 2 aliphatic heterocycles. The number of pyridine rings is 2. The van der Waals surface area contributed by atoms with Gasteiger partial charge in [-0.25, -0.2) is 13.4 Å². The van der Waals surface area contributed by atoms with E-state index in [9.17, 15) is 13.5 Å². The number of aryl methyl sites for hydroxylation is 1. The quantitative estimate of drug-likeness (QED) is 0.464. The molecular formula is C26H32N6O3S. The van der Waals surface area contributed by atoms with Gasteiger partial charge in [0.15, 0.2) is 0 Å². The molecule has 0 aliphatic carbocycles. The number of benzene rings is 1. The van der Waals surface area contributed by atoms with Crippen LogP contribution in [0.5, 0.6) is 0 Å². The number of nitrogens with one attached hydrogen (secondary N) is 2. The van der Waals surface area contributed by atoms with Gasteiger partial charge in [0.05, 0.1) is 28.9 Å². The summed E-state index contributed by atoms with van der Waals surface area (Å²) in [5, 5.41) is 17.3. The van der Waals surface area contributed by atoms with Crippen LogP contribution in [0.1, 0.15) is 12.0 Å². The van der Waals surface area contributed by atoms with Gasteiger partial charge in [0.25, 0.3) is 0 Å². The van der Waals surface area contributed by atoms with E-state index < -0.39 is 16.1 Å². The number of β-amino-alcohol motifs (C(OH)–C–C–N with tert-alkyl or cyclic N) is 1. The molecule has 2 saturated heterocycles. The molecule has 36 heavy (non-hydrogen) atoms. The van der Waals surface area contributed by atoms with Gasteiger partial charge < -0.3 is 20.6 Å². The maximum absolute atomic E-state index is 13.3. The van der Waals surface area contributed by atoms with Crippen LogP contribution in [0.4, 0.5) is 11.5 Å². The van der Waals surface area contributed by atoms with Crippen LogP contribution >= 0.6 is 0 Å². The van der Waals surface area contributed by atoms with Crippen molar-refractivity contribution in [1.29, 1.82) is 0 Å². The Balaban J connectivity index is 1.26. The number of aliphatic hydroxyl groups excluding tert-OH is 1. The number of aliphatic hydroxyl groups is 1. The summed E-state index contributed by atoms with van der Waals surface area (Å²) in [5.41, 5.74) is 3.97. The van der Waals surface area contributed by atoms with Crippen molar-refractivity contribution in [2.45, 2.75) is 30.4 Å². The molecule has 4 heterocycles. The highest BCUT2D eigenvalue weighted by Crippen LogP contribution is 2.27. The van der Waals surface area contributed by atoms with Gasteiger partial charge >= 0.3 is 0 Å². The molecule has 2 aromatic heterocycles. The fourth-order valence-electron chi connectivity index (χ4n) is 4.68. The van der Waals surface area contributed by atoms with Crippen LogP contribution < -0.4 is 15.5 Å². The lowest BCUT2D eigenvalue weighted by Crippen LogP contribution is -2.51. The lowest BCUT2D eigenvalue weighted by Gasteiger charge is -2.35. The maximum Gasteiger partial charge on any atom is 0.243 e. The second-order valence-corrected chi connectivity index (χ2v) is 11.3. The summed E-state index contributed by atoms with van der Waals surface area (Å²) in [5.74, 6) is 0.673. The first kappa shape index (κ1) is 24.6. The number of anilines is 2. The van der Waals surface area contributed by atoms with Crippen LogP contribution in [0.25, 0.3) is 11.1 Å². The molecule has 10 heteroatoms. The standard InChI is InChI=1S/C26H32N6O3S/c1-19-2-7-26(29-15-19)30-24-8-11-32(18-25(24)33)36(34,35)23-5-3-20(4-6-23)21-14-22(17-28-16-21)31-12-9-27-10-13-31/h2-7,14-17,24-25,27,33H,8-13,18H2,1H3,(H,29,30)/t24-,25+/m1/s1. The van der Waals surface area contributed by atoms with Crippen LogP contribution in [0.15, 0.2) is 66.0 Å². The van der Waals surface area contributed by atoms with E-state index in [1.54, 1.807) is 24.5 Å². The molecular weight excluding hydrogens is 476 g/mol. The monoisotopic (exact) mass is 508 g/mol. The van der Waals surface area contributed by atoms with Crippen molar-refractivity contribution in [1.82, 2.24) is 19.6 Å². The largest absolute Gasteiger partial charge is 0.390 e. The molecule has 0 radical (unpaired) electrons. The smallest absolute Gasteiger partial charge is 0.243 e. The third kappa shape index (κ3) is 5.36. The molecule has 2 aliphatic rings. The number of sulfonamides is 1. The van der Waals surface area contributed by atoms with Crippen molar-refractivity contribution in [3.8, 4) is 11.1 Å². The predicted octanol–water partition coefficient (Wildman–Crippen LogP) is 2.10. The molecule has 3 N–H and O–H groups in total. The molecule has 2 fully saturated rings. The van der Waals surface area contributed by atoms with Crippen LogP contribution in [0.3, 0.4) is 0 Å². The van der Waals surface area contributed by atoms with E-state index in [4.69, 9.17) is 0 Å². The Morgan fingerprint density at radius 2 is 1.78 bits per heavy atom.